The van der Waals surface area contributed by atoms with E-state index in [0.29, 0.717) is 5.92 Å². The topological polar surface area (TPSA) is 21.3 Å². The van der Waals surface area contributed by atoms with Crippen LogP contribution in [0.3, 0.4) is 0 Å². The lowest BCUT2D eigenvalue weighted by molar-refractivity contribution is 0.154. The third-order valence-electron chi connectivity index (χ3n) is 1.98. The summed E-state index contributed by atoms with van der Waals surface area (Å²) < 4.78 is 5.08. The maximum Gasteiger partial charge on any atom is 0.0487 e. The predicted molar refractivity (Wildman–Crippen MR) is 58.0 cm³/mol. The summed E-state index contributed by atoms with van der Waals surface area (Å²) in [6.07, 6.45) is 2.48. The molecule has 0 radical (unpaired) electrons. The minimum absolute atomic E-state index is 0.254. The van der Waals surface area contributed by atoms with Gasteiger partial charge in [0.2, 0.25) is 0 Å². The summed E-state index contributed by atoms with van der Waals surface area (Å²) in [6, 6.07) is 0. The van der Waals surface area contributed by atoms with Gasteiger partial charge in [-0.1, -0.05) is 6.92 Å². The van der Waals surface area contributed by atoms with Crippen molar-refractivity contribution >= 4 is 0 Å². The molecule has 0 aromatic carbocycles. The summed E-state index contributed by atoms with van der Waals surface area (Å²) in [6.45, 7) is 10.8. The van der Waals surface area contributed by atoms with E-state index in [0.717, 1.165) is 13.2 Å². The van der Waals surface area contributed by atoms with Crippen molar-refractivity contribution in [2.75, 3.05) is 20.3 Å². The van der Waals surface area contributed by atoms with E-state index in [2.05, 4.69) is 33.0 Å². The van der Waals surface area contributed by atoms with Crippen molar-refractivity contribution in [3.05, 3.63) is 0 Å². The fraction of sp³-hybridized carbons (Fsp3) is 1.00. The van der Waals surface area contributed by atoms with E-state index in [9.17, 15) is 0 Å². The first-order valence-corrected chi connectivity index (χ1v) is 5.19. The zero-order valence-corrected chi connectivity index (χ0v) is 9.81. The Bertz CT molecular complexity index is 118. The predicted octanol–water partition coefficient (Wildman–Crippen LogP) is 2.44. The molecule has 0 saturated heterocycles. The minimum atomic E-state index is 0.254. The second kappa shape index (κ2) is 6.39. The molecule has 0 saturated carbocycles. The first-order valence-electron chi connectivity index (χ1n) is 5.19. The van der Waals surface area contributed by atoms with Crippen LogP contribution < -0.4 is 5.32 Å². The molecule has 0 amide bonds. The van der Waals surface area contributed by atoms with Gasteiger partial charge in [-0.15, -0.1) is 0 Å². The van der Waals surface area contributed by atoms with E-state index in [1.54, 1.807) is 7.11 Å². The van der Waals surface area contributed by atoms with Crippen LogP contribution in [-0.4, -0.2) is 25.8 Å². The summed E-state index contributed by atoms with van der Waals surface area (Å²) in [5.41, 5.74) is 0.254. The van der Waals surface area contributed by atoms with Gasteiger partial charge in [0.25, 0.3) is 0 Å². The lowest BCUT2D eigenvalue weighted by atomic mass is 10.1. The van der Waals surface area contributed by atoms with Crippen LogP contribution >= 0.6 is 0 Å². The van der Waals surface area contributed by atoms with Crippen molar-refractivity contribution in [2.24, 2.45) is 5.92 Å². The van der Waals surface area contributed by atoms with Crippen LogP contribution in [0.1, 0.15) is 40.5 Å². The molecule has 0 aromatic rings. The second-order valence-corrected chi connectivity index (χ2v) is 4.88. The molecule has 0 aliphatic heterocycles. The number of rotatable bonds is 6. The van der Waals surface area contributed by atoms with Crippen LogP contribution in [-0.2, 0) is 4.74 Å². The van der Waals surface area contributed by atoms with E-state index < -0.39 is 0 Å². The molecular weight excluding hydrogens is 162 g/mol. The Morgan fingerprint density at radius 2 is 1.92 bits per heavy atom. The van der Waals surface area contributed by atoms with E-state index in [1.807, 2.05) is 0 Å². The zero-order chi connectivity index (χ0) is 10.3. The quantitative estimate of drug-likeness (QED) is 0.645. The molecule has 0 rings (SSSR count). The minimum Gasteiger partial charge on any atom is -0.384 e. The van der Waals surface area contributed by atoms with Crippen LogP contribution in [0.2, 0.25) is 0 Å². The smallest absolute Gasteiger partial charge is 0.0487 e. The molecule has 2 nitrogen and oxygen atoms in total. The molecule has 13 heavy (non-hydrogen) atoms. The Balaban J connectivity index is 3.25. The van der Waals surface area contributed by atoms with Crippen LogP contribution in [0.25, 0.3) is 0 Å². The van der Waals surface area contributed by atoms with Gasteiger partial charge >= 0.3 is 0 Å². The summed E-state index contributed by atoms with van der Waals surface area (Å²) in [4.78, 5) is 0. The normalized spacial score (nSPS) is 14.5. The van der Waals surface area contributed by atoms with Gasteiger partial charge in [-0.25, -0.2) is 0 Å². The maximum atomic E-state index is 5.08. The van der Waals surface area contributed by atoms with Gasteiger partial charge in [0, 0.05) is 19.3 Å². The molecule has 0 heterocycles. The van der Waals surface area contributed by atoms with Crippen molar-refractivity contribution < 1.29 is 4.74 Å². The van der Waals surface area contributed by atoms with E-state index in [-0.39, 0.29) is 5.54 Å². The first-order chi connectivity index (χ1) is 5.95. The van der Waals surface area contributed by atoms with Gasteiger partial charge in [0.15, 0.2) is 0 Å². The second-order valence-electron chi connectivity index (χ2n) is 4.88. The van der Waals surface area contributed by atoms with Crippen LogP contribution in [0, 0.1) is 5.92 Å². The average Bonchev–Trinajstić information content (AvgIpc) is 1.97. The molecule has 2 heteroatoms. The molecule has 0 spiro atoms. The highest BCUT2D eigenvalue weighted by atomic mass is 16.5. The summed E-state index contributed by atoms with van der Waals surface area (Å²) in [7, 11) is 1.77. The number of ether oxygens (including phenoxy) is 1. The van der Waals surface area contributed by atoms with Crippen LogP contribution in [0.4, 0.5) is 0 Å². The van der Waals surface area contributed by atoms with Crippen LogP contribution in [0.5, 0.6) is 0 Å². The molecule has 1 atom stereocenters. The van der Waals surface area contributed by atoms with Crippen molar-refractivity contribution in [3.8, 4) is 0 Å². The molecule has 0 aliphatic rings. The first kappa shape index (κ1) is 12.9. The van der Waals surface area contributed by atoms with E-state index in [1.165, 1.54) is 12.8 Å². The molecule has 0 bridgehead atoms. The molecular formula is C11H25NO. The number of hydrogen-bond acceptors (Lipinski definition) is 2. The van der Waals surface area contributed by atoms with Gasteiger partial charge in [0.1, 0.15) is 0 Å². The SMILES string of the molecule is COCC(C)CCCNC(C)(C)C. The van der Waals surface area contributed by atoms with Crippen molar-refractivity contribution in [1.82, 2.24) is 5.32 Å². The Morgan fingerprint density at radius 3 is 2.38 bits per heavy atom. The Kier molecular flexibility index (Phi) is 6.35. The van der Waals surface area contributed by atoms with Crippen molar-refractivity contribution in [1.29, 1.82) is 0 Å². The third kappa shape index (κ3) is 9.84. The number of hydrogen-bond donors (Lipinski definition) is 1. The van der Waals surface area contributed by atoms with Crippen molar-refractivity contribution in [2.45, 2.75) is 46.1 Å². The highest BCUT2D eigenvalue weighted by Gasteiger charge is 2.08. The average molecular weight is 187 g/mol. The molecule has 0 aromatic heterocycles. The molecule has 1 unspecified atom stereocenters. The lowest BCUT2D eigenvalue weighted by Gasteiger charge is -2.21. The van der Waals surface area contributed by atoms with Gasteiger partial charge in [-0.05, 0) is 46.1 Å². The monoisotopic (exact) mass is 187 g/mol. The fourth-order valence-corrected chi connectivity index (χ4v) is 1.28. The fourth-order valence-electron chi connectivity index (χ4n) is 1.28. The molecule has 1 N–H and O–H groups in total. The van der Waals surface area contributed by atoms with E-state index >= 15 is 0 Å². The highest BCUT2D eigenvalue weighted by Crippen LogP contribution is 2.06. The Morgan fingerprint density at radius 1 is 1.31 bits per heavy atom. The highest BCUT2D eigenvalue weighted by molar-refractivity contribution is 4.69. The van der Waals surface area contributed by atoms with Gasteiger partial charge in [0.05, 0.1) is 0 Å². The summed E-state index contributed by atoms with van der Waals surface area (Å²) in [5, 5.41) is 3.48. The van der Waals surface area contributed by atoms with Crippen LogP contribution in [0.15, 0.2) is 0 Å². The van der Waals surface area contributed by atoms with Crippen molar-refractivity contribution in [3.63, 3.8) is 0 Å². The standard InChI is InChI=1S/C11H25NO/c1-10(9-13-5)7-6-8-12-11(2,3)4/h10,12H,6-9H2,1-5H3. The number of methoxy groups -OCH3 is 1. The Hall–Kier alpha value is -0.0800. The molecule has 0 aliphatic carbocycles. The Labute approximate surface area is 83.1 Å². The van der Waals surface area contributed by atoms with Gasteiger partial charge in [-0.2, -0.15) is 0 Å². The van der Waals surface area contributed by atoms with E-state index in [4.69, 9.17) is 4.74 Å². The summed E-state index contributed by atoms with van der Waals surface area (Å²) in [5.74, 6) is 0.687. The van der Waals surface area contributed by atoms with Gasteiger partial charge in [-0.3, -0.25) is 0 Å². The zero-order valence-electron chi connectivity index (χ0n) is 9.81. The molecule has 0 fully saturated rings. The van der Waals surface area contributed by atoms with Gasteiger partial charge < -0.3 is 10.1 Å². The summed E-state index contributed by atoms with van der Waals surface area (Å²) >= 11 is 0. The molecule has 80 valence electrons. The maximum absolute atomic E-state index is 5.08. The lowest BCUT2D eigenvalue weighted by Crippen LogP contribution is -2.36. The largest absolute Gasteiger partial charge is 0.384 e. The number of nitrogens with one attached hydrogen (secondary N) is 1. The third-order valence-corrected chi connectivity index (χ3v) is 1.98.